The summed E-state index contributed by atoms with van der Waals surface area (Å²) in [4.78, 5) is 38.5. The molecule has 43 heavy (non-hydrogen) atoms. The largest absolute Gasteiger partial charge is 0.497 e. The normalized spacial score (nSPS) is 15.1. The summed E-state index contributed by atoms with van der Waals surface area (Å²) in [5.41, 5.74) is 1.38. The first-order valence-electron chi connectivity index (χ1n) is 13.6. The Morgan fingerprint density at radius 3 is 2.26 bits per heavy atom. The van der Waals surface area contributed by atoms with Crippen LogP contribution < -0.4 is 14.4 Å². The van der Waals surface area contributed by atoms with Gasteiger partial charge >= 0.3 is 22.3 Å². The van der Waals surface area contributed by atoms with Gasteiger partial charge in [0.05, 0.1) is 19.3 Å². The molecule has 1 atom stereocenters. The maximum Gasteiger partial charge on any atom is 0.408 e. The van der Waals surface area contributed by atoms with Crippen LogP contribution in [0.15, 0.2) is 78.9 Å². The highest BCUT2D eigenvalue weighted by molar-refractivity contribution is 7.91. The number of esters is 1. The van der Waals surface area contributed by atoms with Crippen molar-refractivity contribution in [1.29, 1.82) is 0 Å². The Kier molecular flexibility index (Phi) is 9.59. The summed E-state index contributed by atoms with van der Waals surface area (Å²) in [5.74, 6) is -0.647. The van der Waals surface area contributed by atoms with Crippen LogP contribution in [0, 0.1) is 0 Å². The first-order valence-corrected chi connectivity index (χ1v) is 15.0. The van der Waals surface area contributed by atoms with Gasteiger partial charge in [-0.05, 0) is 61.7 Å². The number of carbonyl (C=O) groups excluding carboxylic acids is 3. The van der Waals surface area contributed by atoms with Gasteiger partial charge in [0, 0.05) is 6.42 Å². The number of ether oxygens (including phenoxy) is 3. The molecule has 1 saturated heterocycles. The van der Waals surface area contributed by atoms with Gasteiger partial charge in [-0.25, -0.2) is 18.2 Å². The quantitative estimate of drug-likeness (QED) is 0.342. The highest BCUT2D eigenvalue weighted by Gasteiger charge is 2.42. The fraction of sp³-hybridized carbons (Fsp3) is 0.323. The number of benzene rings is 3. The molecule has 11 nitrogen and oxygen atoms in total. The molecule has 1 N–H and O–H groups in total. The lowest BCUT2D eigenvalue weighted by Gasteiger charge is -2.23. The fourth-order valence-corrected chi connectivity index (χ4v) is 5.89. The van der Waals surface area contributed by atoms with Crippen molar-refractivity contribution in [1.82, 2.24) is 9.62 Å². The number of hydrogen-bond donors (Lipinski definition) is 1. The van der Waals surface area contributed by atoms with Gasteiger partial charge in [0.25, 0.3) is 5.91 Å². The predicted octanol–water partition coefficient (Wildman–Crippen LogP) is 3.97. The Morgan fingerprint density at radius 1 is 0.930 bits per heavy atom. The van der Waals surface area contributed by atoms with Gasteiger partial charge in [0.15, 0.2) is 0 Å². The number of anilines is 1. The number of carbonyl (C=O) groups is 3. The van der Waals surface area contributed by atoms with Crippen molar-refractivity contribution < 1.29 is 37.0 Å². The molecular formula is C31H35N3O8S. The third-order valence-electron chi connectivity index (χ3n) is 6.44. The van der Waals surface area contributed by atoms with E-state index in [-0.39, 0.29) is 31.8 Å². The van der Waals surface area contributed by atoms with Gasteiger partial charge in [-0.3, -0.25) is 4.79 Å². The smallest absolute Gasteiger partial charge is 0.408 e. The van der Waals surface area contributed by atoms with Crippen molar-refractivity contribution in [2.45, 2.75) is 52.0 Å². The van der Waals surface area contributed by atoms with Crippen LogP contribution in [-0.4, -0.2) is 56.0 Å². The molecule has 4 rings (SSSR count). The molecule has 3 aromatic rings. The molecule has 0 radical (unpaired) electrons. The highest BCUT2D eigenvalue weighted by Crippen LogP contribution is 2.29. The topological polar surface area (TPSA) is 132 Å². The summed E-state index contributed by atoms with van der Waals surface area (Å²) in [6.07, 6.45) is -0.815. The Hall–Kier alpha value is -4.58. The molecule has 1 aliphatic rings. The molecule has 0 saturated carbocycles. The standard InChI is InChI=1S/C31H35N3O8S/c1-31(2,3)42-30(37)32-27(29(36)41-21-23-9-6-5-7-10-23)18-24-11-8-12-25(17-24)33-20-28(35)34(43(33,38)39)19-22-13-15-26(40-4)16-14-22/h5-17,27H,18-21H2,1-4H3,(H,32,37). The number of nitrogens with zero attached hydrogens (tertiary/aromatic N) is 2. The van der Waals surface area contributed by atoms with Gasteiger partial charge in [-0.15, -0.1) is 0 Å². The molecule has 1 heterocycles. The molecule has 228 valence electrons. The van der Waals surface area contributed by atoms with Crippen LogP contribution in [0.2, 0.25) is 0 Å². The lowest BCUT2D eigenvalue weighted by atomic mass is 10.1. The zero-order valence-corrected chi connectivity index (χ0v) is 25.3. The van der Waals surface area contributed by atoms with Gasteiger partial charge in [-0.1, -0.05) is 54.6 Å². The number of rotatable bonds is 10. The van der Waals surface area contributed by atoms with Crippen LogP contribution in [0.4, 0.5) is 10.5 Å². The monoisotopic (exact) mass is 609 g/mol. The number of alkyl carbamates (subject to hydrolysis) is 1. The zero-order chi connectivity index (χ0) is 31.2. The molecule has 12 heteroatoms. The Morgan fingerprint density at radius 2 is 1.60 bits per heavy atom. The number of hydrogen-bond acceptors (Lipinski definition) is 8. The molecule has 0 bridgehead atoms. The van der Waals surface area contributed by atoms with Crippen molar-refractivity contribution in [3.8, 4) is 5.75 Å². The van der Waals surface area contributed by atoms with Crippen LogP contribution in [0.5, 0.6) is 5.75 Å². The Labute approximate surface area is 251 Å². The van der Waals surface area contributed by atoms with Crippen LogP contribution in [-0.2, 0) is 48.8 Å². The number of methoxy groups -OCH3 is 1. The van der Waals surface area contributed by atoms with Gasteiger partial charge in [-0.2, -0.15) is 8.42 Å². The minimum Gasteiger partial charge on any atom is -0.497 e. The molecular weight excluding hydrogens is 574 g/mol. The molecule has 0 spiro atoms. The van der Waals surface area contributed by atoms with E-state index in [1.54, 1.807) is 69.3 Å². The average Bonchev–Trinajstić information content (AvgIpc) is 3.19. The van der Waals surface area contributed by atoms with E-state index in [1.807, 2.05) is 30.3 Å². The lowest BCUT2D eigenvalue weighted by molar-refractivity contribution is -0.147. The van der Waals surface area contributed by atoms with Crippen molar-refractivity contribution in [2.24, 2.45) is 0 Å². The van der Waals surface area contributed by atoms with E-state index < -0.39 is 39.8 Å². The van der Waals surface area contributed by atoms with E-state index >= 15 is 0 Å². The summed E-state index contributed by atoms with van der Waals surface area (Å²) in [7, 11) is -2.65. The van der Waals surface area contributed by atoms with Crippen molar-refractivity contribution in [3.63, 3.8) is 0 Å². The summed E-state index contributed by atoms with van der Waals surface area (Å²) in [6.45, 7) is 4.61. The van der Waals surface area contributed by atoms with Crippen molar-refractivity contribution in [3.05, 3.63) is 95.6 Å². The second-order valence-electron chi connectivity index (χ2n) is 10.9. The fourth-order valence-electron chi connectivity index (χ4n) is 4.37. The van der Waals surface area contributed by atoms with Crippen molar-refractivity contribution >= 4 is 33.9 Å². The summed E-state index contributed by atoms with van der Waals surface area (Å²) in [5, 5.41) is 2.57. The second-order valence-corrected chi connectivity index (χ2v) is 12.7. The van der Waals surface area contributed by atoms with Crippen LogP contribution in [0.3, 0.4) is 0 Å². The average molecular weight is 610 g/mol. The minimum atomic E-state index is -4.18. The molecule has 0 aliphatic carbocycles. The van der Waals surface area contributed by atoms with Crippen LogP contribution in [0.1, 0.15) is 37.5 Å². The van der Waals surface area contributed by atoms with E-state index in [2.05, 4.69) is 5.32 Å². The molecule has 2 amide bonds. The highest BCUT2D eigenvalue weighted by atomic mass is 32.2. The van der Waals surface area contributed by atoms with Crippen LogP contribution >= 0.6 is 0 Å². The summed E-state index contributed by atoms with van der Waals surface area (Å²) in [6, 6.07) is 21.2. The SMILES string of the molecule is COc1ccc(CN2C(=O)CN(c3cccc(CC(NC(=O)OC(C)(C)C)C(=O)OCc4ccccc4)c3)S2(=O)=O)cc1. The van der Waals surface area contributed by atoms with Gasteiger partial charge in [0.2, 0.25) is 0 Å². The van der Waals surface area contributed by atoms with E-state index in [9.17, 15) is 22.8 Å². The number of nitrogens with one attached hydrogen (secondary N) is 1. The molecule has 1 aliphatic heterocycles. The lowest BCUT2D eigenvalue weighted by Crippen LogP contribution is -2.45. The molecule has 0 aromatic heterocycles. The predicted molar refractivity (Wildman–Crippen MR) is 159 cm³/mol. The Balaban J connectivity index is 1.52. The summed E-state index contributed by atoms with van der Waals surface area (Å²) < 4.78 is 44.7. The molecule has 1 fully saturated rings. The summed E-state index contributed by atoms with van der Waals surface area (Å²) >= 11 is 0. The van der Waals surface area contributed by atoms with E-state index in [1.165, 1.54) is 7.11 Å². The molecule has 1 unspecified atom stereocenters. The second kappa shape index (κ2) is 13.2. The Bertz CT molecular complexity index is 1550. The first kappa shape index (κ1) is 31.4. The third kappa shape index (κ3) is 8.25. The van der Waals surface area contributed by atoms with Gasteiger partial charge < -0.3 is 19.5 Å². The molecule has 3 aromatic carbocycles. The number of amides is 2. The van der Waals surface area contributed by atoms with Crippen molar-refractivity contribution in [2.75, 3.05) is 18.0 Å². The van der Waals surface area contributed by atoms with Gasteiger partial charge in [0.1, 0.15) is 30.5 Å². The first-order chi connectivity index (χ1) is 20.4. The third-order valence-corrected chi connectivity index (χ3v) is 8.22. The maximum atomic E-state index is 13.4. The van der Waals surface area contributed by atoms with E-state index in [4.69, 9.17) is 14.2 Å². The zero-order valence-electron chi connectivity index (χ0n) is 24.5. The minimum absolute atomic E-state index is 0.00434. The maximum absolute atomic E-state index is 13.4. The van der Waals surface area contributed by atoms with E-state index in [0.29, 0.717) is 16.9 Å². The van der Waals surface area contributed by atoms with E-state index in [0.717, 1.165) is 14.2 Å². The van der Waals surface area contributed by atoms with Crippen LogP contribution in [0.25, 0.3) is 0 Å².